The smallest absolute Gasteiger partial charge is 0.391 e. The van der Waals surface area contributed by atoms with Gasteiger partial charge in [0.05, 0.1) is 11.6 Å². The lowest BCUT2D eigenvalue weighted by molar-refractivity contribution is -0.141. The molecule has 1 aromatic heterocycles. The van der Waals surface area contributed by atoms with Gasteiger partial charge in [0.15, 0.2) is 0 Å². The van der Waals surface area contributed by atoms with Crippen LogP contribution in [0.5, 0.6) is 0 Å². The third-order valence-corrected chi connectivity index (χ3v) is 2.53. The Kier molecular flexibility index (Phi) is 3.66. The molecule has 0 amide bonds. The number of anilines is 1. The second-order valence-corrected chi connectivity index (χ2v) is 4.43. The van der Waals surface area contributed by atoms with E-state index in [1.165, 1.54) is 12.1 Å². The number of alkyl halides is 3. The lowest BCUT2D eigenvalue weighted by Gasteiger charge is -2.30. The molecule has 0 aliphatic carbocycles. The Morgan fingerprint density at radius 2 is 1.88 bits per heavy atom. The van der Waals surface area contributed by atoms with Crippen LogP contribution in [-0.2, 0) is 6.18 Å². The Balaban J connectivity index is 2.94. The van der Waals surface area contributed by atoms with Crippen LogP contribution in [-0.4, -0.2) is 21.7 Å². The maximum atomic E-state index is 12.4. The topological polar surface area (TPSA) is 45.1 Å². The van der Waals surface area contributed by atoms with Crippen molar-refractivity contribution in [3.8, 4) is 0 Å². The molecule has 1 atom stereocenters. The Morgan fingerprint density at radius 3 is 2.35 bits per heavy atom. The second kappa shape index (κ2) is 4.52. The summed E-state index contributed by atoms with van der Waals surface area (Å²) in [5.74, 6) is 0.0886. The standard InChI is InChI=1S/C11H15F3N2O/c1-7(17)10(2,3)16-9-6-4-5-8(15-9)11(12,13)14/h4-7,17H,1-3H3,(H,15,16). The van der Waals surface area contributed by atoms with Crippen LogP contribution >= 0.6 is 0 Å². The van der Waals surface area contributed by atoms with Gasteiger partial charge in [-0.3, -0.25) is 0 Å². The Labute approximate surface area is 97.7 Å². The Hall–Kier alpha value is -1.30. The van der Waals surface area contributed by atoms with E-state index in [9.17, 15) is 18.3 Å². The van der Waals surface area contributed by atoms with Crippen LogP contribution in [0.15, 0.2) is 18.2 Å². The SMILES string of the molecule is CC(O)C(C)(C)Nc1cccc(C(F)(F)F)n1. The number of hydrogen-bond donors (Lipinski definition) is 2. The van der Waals surface area contributed by atoms with Gasteiger partial charge < -0.3 is 10.4 Å². The van der Waals surface area contributed by atoms with E-state index >= 15 is 0 Å². The van der Waals surface area contributed by atoms with Gasteiger partial charge in [-0.1, -0.05) is 6.07 Å². The molecule has 0 aliphatic heterocycles. The van der Waals surface area contributed by atoms with Crippen LogP contribution in [0.3, 0.4) is 0 Å². The highest BCUT2D eigenvalue weighted by Crippen LogP contribution is 2.28. The third kappa shape index (κ3) is 3.59. The fraction of sp³-hybridized carbons (Fsp3) is 0.545. The maximum Gasteiger partial charge on any atom is 0.433 e. The summed E-state index contributed by atoms with van der Waals surface area (Å²) >= 11 is 0. The van der Waals surface area contributed by atoms with E-state index in [0.29, 0.717) is 0 Å². The third-order valence-electron chi connectivity index (χ3n) is 2.53. The number of rotatable bonds is 3. The van der Waals surface area contributed by atoms with Crippen LogP contribution < -0.4 is 5.32 Å². The molecule has 1 unspecified atom stereocenters. The second-order valence-electron chi connectivity index (χ2n) is 4.43. The van der Waals surface area contributed by atoms with Crippen molar-refractivity contribution in [2.75, 3.05) is 5.32 Å². The van der Waals surface area contributed by atoms with Gasteiger partial charge in [0.2, 0.25) is 0 Å². The van der Waals surface area contributed by atoms with Gasteiger partial charge >= 0.3 is 6.18 Å². The summed E-state index contributed by atoms with van der Waals surface area (Å²) in [6, 6.07) is 3.61. The van der Waals surface area contributed by atoms with E-state index in [0.717, 1.165) is 6.07 Å². The van der Waals surface area contributed by atoms with Gasteiger partial charge in [0.1, 0.15) is 11.5 Å². The number of aliphatic hydroxyl groups is 1. The van der Waals surface area contributed by atoms with Crippen molar-refractivity contribution in [2.24, 2.45) is 0 Å². The van der Waals surface area contributed by atoms with Gasteiger partial charge in [-0.05, 0) is 32.9 Å². The molecule has 6 heteroatoms. The molecule has 1 heterocycles. The summed E-state index contributed by atoms with van der Waals surface area (Å²) in [6.07, 6.45) is -5.19. The lowest BCUT2D eigenvalue weighted by Crippen LogP contribution is -2.42. The van der Waals surface area contributed by atoms with Crippen molar-refractivity contribution in [1.82, 2.24) is 4.98 Å². The average Bonchev–Trinajstić information content (AvgIpc) is 2.15. The van der Waals surface area contributed by atoms with Crippen LogP contribution in [0.1, 0.15) is 26.5 Å². The molecule has 0 spiro atoms. The monoisotopic (exact) mass is 248 g/mol. The van der Waals surface area contributed by atoms with E-state index in [-0.39, 0.29) is 5.82 Å². The van der Waals surface area contributed by atoms with E-state index in [1.54, 1.807) is 20.8 Å². The zero-order chi connectivity index (χ0) is 13.3. The first-order valence-corrected chi connectivity index (χ1v) is 5.13. The van der Waals surface area contributed by atoms with Crippen molar-refractivity contribution < 1.29 is 18.3 Å². The van der Waals surface area contributed by atoms with Crippen molar-refractivity contribution in [3.05, 3.63) is 23.9 Å². The number of aliphatic hydroxyl groups excluding tert-OH is 1. The number of aromatic nitrogens is 1. The van der Waals surface area contributed by atoms with E-state index in [1.807, 2.05) is 0 Å². The summed E-state index contributed by atoms with van der Waals surface area (Å²) in [6.45, 7) is 4.92. The molecule has 1 aromatic rings. The molecule has 0 bridgehead atoms. The van der Waals surface area contributed by atoms with Gasteiger partial charge in [-0.15, -0.1) is 0 Å². The minimum Gasteiger partial charge on any atom is -0.391 e. The number of hydrogen-bond acceptors (Lipinski definition) is 3. The highest BCUT2D eigenvalue weighted by Gasteiger charge is 2.33. The first kappa shape index (κ1) is 13.8. The molecule has 0 saturated carbocycles. The summed E-state index contributed by atoms with van der Waals surface area (Å²) in [5, 5.41) is 12.2. The van der Waals surface area contributed by atoms with Gasteiger partial charge in [-0.25, -0.2) is 4.98 Å². The molecule has 17 heavy (non-hydrogen) atoms. The predicted molar refractivity (Wildman–Crippen MR) is 58.6 cm³/mol. The molecular formula is C11H15F3N2O. The Morgan fingerprint density at radius 1 is 1.29 bits per heavy atom. The average molecular weight is 248 g/mol. The van der Waals surface area contributed by atoms with Crippen LogP contribution in [0, 0.1) is 0 Å². The molecular weight excluding hydrogens is 233 g/mol. The maximum absolute atomic E-state index is 12.4. The van der Waals surface area contributed by atoms with Crippen molar-refractivity contribution in [3.63, 3.8) is 0 Å². The summed E-state index contributed by atoms with van der Waals surface area (Å²) < 4.78 is 37.3. The predicted octanol–water partition coefficient (Wildman–Crippen LogP) is 2.67. The molecule has 1 rings (SSSR count). The van der Waals surface area contributed by atoms with E-state index < -0.39 is 23.5 Å². The molecule has 0 saturated heterocycles. The summed E-state index contributed by atoms with van der Waals surface area (Å²) in [7, 11) is 0. The lowest BCUT2D eigenvalue weighted by atomic mass is 9.99. The van der Waals surface area contributed by atoms with Gasteiger partial charge in [0.25, 0.3) is 0 Å². The van der Waals surface area contributed by atoms with Crippen molar-refractivity contribution >= 4 is 5.82 Å². The van der Waals surface area contributed by atoms with Crippen LogP contribution in [0.2, 0.25) is 0 Å². The fourth-order valence-corrected chi connectivity index (χ4v) is 1.10. The zero-order valence-electron chi connectivity index (χ0n) is 9.84. The molecule has 96 valence electrons. The van der Waals surface area contributed by atoms with Crippen LogP contribution in [0.25, 0.3) is 0 Å². The van der Waals surface area contributed by atoms with E-state index in [4.69, 9.17) is 0 Å². The minimum atomic E-state index is -4.47. The van der Waals surface area contributed by atoms with Crippen molar-refractivity contribution in [2.45, 2.75) is 38.6 Å². The minimum absolute atomic E-state index is 0.0886. The largest absolute Gasteiger partial charge is 0.433 e. The van der Waals surface area contributed by atoms with E-state index in [2.05, 4.69) is 10.3 Å². The van der Waals surface area contributed by atoms with Gasteiger partial charge in [-0.2, -0.15) is 13.2 Å². The molecule has 0 aromatic carbocycles. The molecule has 3 nitrogen and oxygen atoms in total. The zero-order valence-corrected chi connectivity index (χ0v) is 9.84. The first-order chi connectivity index (χ1) is 7.63. The number of nitrogens with zero attached hydrogens (tertiary/aromatic N) is 1. The van der Waals surface area contributed by atoms with Gasteiger partial charge in [0, 0.05) is 0 Å². The number of halogens is 3. The molecule has 0 radical (unpaired) electrons. The molecule has 0 aliphatic rings. The highest BCUT2D eigenvalue weighted by molar-refractivity contribution is 5.39. The summed E-state index contributed by atoms with van der Waals surface area (Å²) in [5.41, 5.74) is -1.71. The van der Waals surface area contributed by atoms with Crippen molar-refractivity contribution in [1.29, 1.82) is 0 Å². The quantitative estimate of drug-likeness (QED) is 0.864. The summed E-state index contributed by atoms with van der Waals surface area (Å²) in [4.78, 5) is 3.46. The Bertz CT molecular complexity index is 389. The van der Waals surface area contributed by atoms with Crippen LogP contribution in [0.4, 0.5) is 19.0 Å². The normalized spacial score (nSPS) is 14.5. The highest BCUT2D eigenvalue weighted by atomic mass is 19.4. The number of nitrogens with one attached hydrogen (secondary N) is 1. The molecule has 2 N–H and O–H groups in total. The fourth-order valence-electron chi connectivity index (χ4n) is 1.10. The molecule has 0 fully saturated rings. The number of pyridine rings is 1. The first-order valence-electron chi connectivity index (χ1n) is 5.13.